The number of fused-ring (bicyclic) bond motifs is 1. The van der Waals surface area contributed by atoms with Crippen molar-refractivity contribution in [2.45, 2.75) is 19.8 Å². The maximum Gasteiger partial charge on any atom is 0.227 e. The Bertz CT molecular complexity index is 790. The molecule has 1 N–H and O–H groups in total. The number of benzene rings is 2. The standard InChI is InChI=1S/C19H19FN2O3/c1-13(23)22-10-8-14-12-16(4-7-18(14)22)21-19(24)9-11-25-17-5-2-15(20)3-6-17/h2-7,12H,8-11H2,1H3,(H,21,24). The van der Waals surface area contributed by atoms with E-state index in [0.717, 1.165) is 17.7 Å². The summed E-state index contributed by atoms with van der Waals surface area (Å²) in [6.45, 7) is 2.43. The summed E-state index contributed by atoms with van der Waals surface area (Å²) in [6, 6.07) is 11.2. The van der Waals surface area contributed by atoms with E-state index in [4.69, 9.17) is 4.74 Å². The van der Waals surface area contributed by atoms with Crippen LogP contribution in [-0.4, -0.2) is 25.0 Å². The van der Waals surface area contributed by atoms with Gasteiger partial charge in [0.15, 0.2) is 0 Å². The van der Waals surface area contributed by atoms with Crippen LogP contribution in [0.4, 0.5) is 15.8 Å². The number of nitrogens with zero attached hydrogens (tertiary/aromatic N) is 1. The van der Waals surface area contributed by atoms with Crippen molar-refractivity contribution < 1.29 is 18.7 Å². The van der Waals surface area contributed by atoms with E-state index in [9.17, 15) is 14.0 Å². The number of hydrogen-bond acceptors (Lipinski definition) is 3. The van der Waals surface area contributed by atoms with Crippen molar-refractivity contribution in [1.29, 1.82) is 0 Å². The molecule has 2 amide bonds. The van der Waals surface area contributed by atoms with Crippen molar-refractivity contribution in [3.63, 3.8) is 0 Å². The normalized spacial score (nSPS) is 12.6. The predicted octanol–water partition coefficient (Wildman–Crippen LogP) is 3.14. The van der Waals surface area contributed by atoms with Crippen LogP contribution in [-0.2, 0) is 16.0 Å². The molecule has 0 spiro atoms. The first kappa shape index (κ1) is 17.0. The first-order valence-corrected chi connectivity index (χ1v) is 8.12. The zero-order valence-corrected chi connectivity index (χ0v) is 13.9. The molecule has 6 heteroatoms. The van der Waals surface area contributed by atoms with Gasteiger partial charge in [-0.1, -0.05) is 0 Å². The predicted molar refractivity (Wildman–Crippen MR) is 93.3 cm³/mol. The summed E-state index contributed by atoms with van der Waals surface area (Å²) in [5.74, 6) is 0.0538. The van der Waals surface area contributed by atoms with Crippen LogP contribution in [0.1, 0.15) is 18.9 Å². The third kappa shape index (κ3) is 4.15. The Kier molecular flexibility index (Phi) is 4.97. The Balaban J connectivity index is 1.51. The highest BCUT2D eigenvalue weighted by Crippen LogP contribution is 2.30. The second-order valence-corrected chi connectivity index (χ2v) is 5.86. The molecule has 0 fully saturated rings. The summed E-state index contributed by atoms with van der Waals surface area (Å²) >= 11 is 0. The summed E-state index contributed by atoms with van der Waals surface area (Å²) in [6.07, 6.45) is 0.973. The highest BCUT2D eigenvalue weighted by atomic mass is 19.1. The molecule has 0 bridgehead atoms. The number of carbonyl (C=O) groups excluding carboxylic acids is 2. The fourth-order valence-corrected chi connectivity index (χ4v) is 2.82. The van der Waals surface area contributed by atoms with Crippen molar-refractivity contribution in [2.75, 3.05) is 23.4 Å². The van der Waals surface area contributed by atoms with Crippen LogP contribution in [0.25, 0.3) is 0 Å². The molecule has 1 aliphatic rings. The molecule has 0 aromatic heterocycles. The number of carbonyl (C=O) groups is 2. The van der Waals surface area contributed by atoms with Gasteiger partial charge >= 0.3 is 0 Å². The monoisotopic (exact) mass is 342 g/mol. The first-order chi connectivity index (χ1) is 12.0. The van der Waals surface area contributed by atoms with Gasteiger partial charge in [0.1, 0.15) is 11.6 Å². The number of anilines is 2. The lowest BCUT2D eigenvalue weighted by atomic mass is 10.1. The molecular formula is C19H19FN2O3. The Hall–Kier alpha value is -2.89. The highest BCUT2D eigenvalue weighted by Gasteiger charge is 2.22. The molecule has 1 aliphatic heterocycles. The Labute approximate surface area is 145 Å². The van der Waals surface area contributed by atoms with E-state index in [1.54, 1.807) is 17.9 Å². The van der Waals surface area contributed by atoms with Crippen LogP contribution in [0, 0.1) is 5.82 Å². The Morgan fingerprint density at radius 1 is 1.20 bits per heavy atom. The molecule has 5 nitrogen and oxygen atoms in total. The Morgan fingerprint density at radius 3 is 2.68 bits per heavy atom. The van der Waals surface area contributed by atoms with Crippen molar-refractivity contribution in [1.82, 2.24) is 0 Å². The zero-order valence-electron chi connectivity index (χ0n) is 13.9. The number of nitrogens with one attached hydrogen (secondary N) is 1. The van der Waals surface area contributed by atoms with Crippen LogP contribution in [0.3, 0.4) is 0 Å². The van der Waals surface area contributed by atoms with Gasteiger partial charge in [0.25, 0.3) is 0 Å². The van der Waals surface area contributed by atoms with Gasteiger partial charge in [0, 0.05) is 24.8 Å². The van der Waals surface area contributed by atoms with E-state index in [2.05, 4.69) is 5.32 Å². The lowest BCUT2D eigenvalue weighted by Crippen LogP contribution is -2.25. The van der Waals surface area contributed by atoms with Crippen molar-refractivity contribution in [3.8, 4) is 5.75 Å². The molecule has 0 unspecified atom stereocenters. The van der Waals surface area contributed by atoms with Crippen LogP contribution >= 0.6 is 0 Å². The van der Waals surface area contributed by atoms with E-state index in [-0.39, 0.29) is 30.7 Å². The van der Waals surface area contributed by atoms with Crippen molar-refractivity contribution in [3.05, 3.63) is 53.8 Å². The Morgan fingerprint density at radius 2 is 1.96 bits per heavy atom. The fourth-order valence-electron chi connectivity index (χ4n) is 2.82. The number of rotatable bonds is 5. The second-order valence-electron chi connectivity index (χ2n) is 5.86. The molecule has 0 aliphatic carbocycles. The smallest absolute Gasteiger partial charge is 0.227 e. The van der Waals surface area contributed by atoms with E-state index < -0.39 is 0 Å². The number of ether oxygens (including phenoxy) is 1. The number of amides is 2. The molecule has 0 radical (unpaired) electrons. The number of halogens is 1. The maximum atomic E-state index is 12.8. The molecule has 2 aromatic rings. The molecule has 3 rings (SSSR count). The molecule has 0 saturated carbocycles. The zero-order chi connectivity index (χ0) is 17.8. The van der Waals surface area contributed by atoms with E-state index in [1.165, 1.54) is 24.3 Å². The summed E-state index contributed by atoms with van der Waals surface area (Å²) in [7, 11) is 0. The van der Waals surface area contributed by atoms with Gasteiger partial charge in [-0.05, 0) is 54.4 Å². The summed E-state index contributed by atoms with van der Waals surface area (Å²) in [5, 5.41) is 2.83. The molecule has 2 aromatic carbocycles. The van der Waals surface area contributed by atoms with Gasteiger partial charge in [-0.25, -0.2) is 4.39 Å². The minimum Gasteiger partial charge on any atom is -0.493 e. The SMILES string of the molecule is CC(=O)N1CCc2cc(NC(=O)CCOc3ccc(F)cc3)ccc21. The lowest BCUT2D eigenvalue weighted by molar-refractivity contribution is -0.117. The van der Waals surface area contributed by atoms with Gasteiger partial charge in [-0.3, -0.25) is 9.59 Å². The average molecular weight is 342 g/mol. The summed E-state index contributed by atoms with van der Waals surface area (Å²) < 4.78 is 18.2. The summed E-state index contributed by atoms with van der Waals surface area (Å²) in [4.78, 5) is 25.3. The van der Waals surface area contributed by atoms with Gasteiger partial charge in [0.2, 0.25) is 11.8 Å². The fraction of sp³-hybridized carbons (Fsp3) is 0.263. The number of hydrogen-bond donors (Lipinski definition) is 1. The molecule has 0 saturated heterocycles. The molecule has 25 heavy (non-hydrogen) atoms. The average Bonchev–Trinajstić information content (AvgIpc) is 3.00. The van der Waals surface area contributed by atoms with Gasteiger partial charge in [-0.15, -0.1) is 0 Å². The van der Waals surface area contributed by atoms with E-state index in [0.29, 0.717) is 18.0 Å². The largest absolute Gasteiger partial charge is 0.493 e. The van der Waals surface area contributed by atoms with Crippen LogP contribution < -0.4 is 15.0 Å². The molecule has 130 valence electrons. The maximum absolute atomic E-state index is 12.8. The van der Waals surface area contributed by atoms with Gasteiger partial charge in [-0.2, -0.15) is 0 Å². The van der Waals surface area contributed by atoms with E-state index in [1.807, 2.05) is 12.1 Å². The van der Waals surface area contributed by atoms with Gasteiger partial charge in [0.05, 0.1) is 13.0 Å². The molecular weight excluding hydrogens is 323 g/mol. The van der Waals surface area contributed by atoms with Crippen LogP contribution in [0.2, 0.25) is 0 Å². The second kappa shape index (κ2) is 7.34. The van der Waals surface area contributed by atoms with Crippen LogP contribution in [0.5, 0.6) is 5.75 Å². The van der Waals surface area contributed by atoms with Crippen molar-refractivity contribution >= 4 is 23.2 Å². The van der Waals surface area contributed by atoms with Crippen LogP contribution in [0.15, 0.2) is 42.5 Å². The minimum atomic E-state index is -0.329. The molecule has 1 heterocycles. The minimum absolute atomic E-state index is 0.0217. The van der Waals surface area contributed by atoms with Crippen molar-refractivity contribution in [2.24, 2.45) is 0 Å². The topological polar surface area (TPSA) is 58.6 Å². The highest BCUT2D eigenvalue weighted by molar-refractivity contribution is 5.95. The summed E-state index contributed by atoms with van der Waals surface area (Å²) in [5.41, 5.74) is 2.66. The third-order valence-electron chi connectivity index (χ3n) is 4.05. The first-order valence-electron chi connectivity index (χ1n) is 8.12. The lowest BCUT2D eigenvalue weighted by Gasteiger charge is -2.15. The molecule has 0 atom stereocenters. The third-order valence-corrected chi connectivity index (χ3v) is 4.05. The van der Waals surface area contributed by atoms with Gasteiger partial charge < -0.3 is 15.0 Å². The van der Waals surface area contributed by atoms with E-state index >= 15 is 0 Å². The quantitative estimate of drug-likeness (QED) is 0.908.